The minimum Gasteiger partial charge on any atom is -0.507 e. The lowest BCUT2D eigenvalue weighted by Gasteiger charge is -2.21. The third-order valence-corrected chi connectivity index (χ3v) is 3.13. The average Bonchev–Trinajstić information content (AvgIpc) is 2.36. The van der Waals surface area contributed by atoms with Crippen molar-refractivity contribution in [2.24, 2.45) is 0 Å². The summed E-state index contributed by atoms with van der Waals surface area (Å²) in [7, 11) is 0. The van der Waals surface area contributed by atoms with Gasteiger partial charge < -0.3 is 10.4 Å². The van der Waals surface area contributed by atoms with Crippen LogP contribution < -0.4 is 5.32 Å². The monoisotopic (exact) mass is 225 g/mol. The van der Waals surface area contributed by atoms with Crippen LogP contribution in [-0.2, 0) is 4.79 Å². The number of hydrogen-bond acceptors (Lipinski definition) is 2. The van der Waals surface area contributed by atoms with Gasteiger partial charge in [0, 0.05) is 5.56 Å². The molecule has 0 radical (unpaired) electrons. The highest BCUT2D eigenvalue weighted by atomic mass is 16.3. The number of rotatable bonds is 2. The number of phenolic OH excluding ortho intramolecular Hbond substituents is 1. The summed E-state index contributed by atoms with van der Waals surface area (Å²) in [5, 5.41) is 14.7. The Labute approximate surface area is 98.4 Å². The van der Waals surface area contributed by atoms with Gasteiger partial charge in [-0.15, -0.1) is 0 Å². The van der Waals surface area contributed by atoms with Gasteiger partial charge in [-0.2, -0.15) is 0 Å². The molecule has 3 nitrogen and oxygen atoms in total. The molecule has 0 aromatic heterocycles. The fourth-order valence-corrected chi connectivity index (χ4v) is 2.37. The van der Waals surface area contributed by atoms with Crippen LogP contribution in [0, 0.1) is 0 Å². The molecule has 2 aromatic carbocycles. The Morgan fingerprint density at radius 1 is 1.24 bits per heavy atom. The van der Waals surface area contributed by atoms with E-state index in [9.17, 15) is 9.90 Å². The van der Waals surface area contributed by atoms with E-state index in [4.69, 9.17) is 0 Å². The molecule has 1 aliphatic rings. The van der Waals surface area contributed by atoms with Crippen molar-refractivity contribution >= 4 is 23.3 Å². The molecule has 1 aliphatic carbocycles. The van der Waals surface area contributed by atoms with Gasteiger partial charge in [-0.25, -0.2) is 0 Å². The van der Waals surface area contributed by atoms with Crippen molar-refractivity contribution in [3.05, 3.63) is 47.5 Å². The van der Waals surface area contributed by atoms with Crippen LogP contribution in [0.25, 0.3) is 16.8 Å². The van der Waals surface area contributed by atoms with Crippen molar-refractivity contribution < 1.29 is 9.90 Å². The highest BCUT2D eigenvalue weighted by Gasteiger charge is 2.18. The predicted molar refractivity (Wildman–Crippen MR) is 66.6 cm³/mol. The third kappa shape index (κ3) is 1.40. The van der Waals surface area contributed by atoms with E-state index in [1.807, 2.05) is 36.4 Å². The van der Waals surface area contributed by atoms with Crippen molar-refractivity contribution in [1.29, 1.82) is 0 Å². The molecule has 0 heterocycles. The summed E-state index contributed by atoms with van der Waals surface area (Å²) >= 11 is 0. The number of amides is 1. The van der Waals surface area contributed by atoms with Crippen molar-refractivity contribution in [3.63, 3.8) is 0 Å². The molecular weight excluding hydrogens is 214 g/mol. The summed E-state index contributed by atoms with van der Waals surface area (Å²) in [5.74, 6) is 0.269. The van der Waals surface area contributed by atoms with Crippen molar-refractivity contribution in [2.45, 2.75) is 6.04 Å². The molecule has 0 fully saturated rings. The van der Waals surface area contributed by atoms with E-state index < -0.39 is 0 Å². The molecule has 0 spiro atoms. The number of carbonyl (C=O) groups excluding carboxylic acids is 1. The molecule has 3 rings (SSSR count). The number of phenols is 1. The van der Waals surface area contributed by atoms with Crippen molar-refractivity contribution in [3.8, 4) is 5.75 Å². The van der Waals surface area contributed by atoms with Crippen LogP contribution in [0.3, 0.4) is 0 Å². The molecular formula is C14H11NO2. The first-order valence-electron chi connectivity index (χ1n) is 5.44. The largest absolute Gasteiger partial charge is 0.507 e. The van der Waals surface area contributed by atoms with E-state index in [1.54, 1.807) is 6.07 Å². The van der Waals surface area contributed by atoms with Crippen molar-refractivity contribution in [1.82, 2.24) is 5.32 Å². The van der Waals surface area contributed by atoms with Crippen LogP contribution in [-0.4, -0.2) is 11.5 Å². The molecule has 17 heavy (non-hydrogen) atoms. The molecule has 3 heteroatoms. The van der Waals surface area contributed by atoms with E-state index >= 15 is 0 Å². The van der Waals surface area contributed by atoms with Crippen LogP contribution in [0.15, 0.2) is 36.4 Å². The summed E-state index contributed by atoms with van der Waals surface area (Å²) in [6, 6.07) is 9.38. The van der Waals surface area contributed by atoms with Crippen LogP contribution >= 0.6 is 0 Å². The van der Waals surface area contributed by atoms with Gasteiger partial charge in [-0.05, 0) is 22.4 Å². The highest BCUT2D eigenvalue weighted by molar-refractivity contribution is 5.97. The van der Waals surface area contributed by atoms with E-state index in [0.717, 1.165) is 21.9 Å². The van der Waals surface area contributed by atoms with Crippen LogP contribution in [0.4, 0.5) is 0 Å². The van der Waals surface area contributed by atoms with Gasteiger partial charge in [0.15, 0.2) is 0 Å². The fourth-order valence-electron chi connectivity index (χ4n) is 2.37. The maximum atomic E-state index is 10.6. The summed E-state index contributed by atoms with van der Waals surface area (Å²) < 4.78 is 0. The second-order valence-corrected chi connectivity index (χ2v) is 4.07. The zero-order valence-electron chi connectivity index (χ0n) is 9.05. The standard InChI is InChI=1S/C14H11NO2/c16-8-15-12-6-5-11-13(17)7-4-9-2-1-3-10(12)14(9)11/h1-8,12,17H,(H,15,16). The Kier molecular flexibility index (Phi) is 2.11. The Balaban J connectivity index is 2.35. The molecule has 1 atom stereocenters. The average molecular weight is 225 g/mol. The van der Waals surface area contributed by atoms with Gasteiger partial charge in [0.2, 0.25) is 6.41 Å². The maximum absolute atomic E-state index is 10.6. The molecule has 0 saturated heterocycles. The molecule has 2 aromatic rings. The first kappa shape index (κ1) is 9.90. The lowest BCUT2D eigenvalue weighted by molar-refractivity contribution is -0.109. The summed E-state index contributed by atoms with van der Waals surface area (Å²) in [4.78, 5) is 10.6. The minimum atomic E-state index is -0.120. The van der Waals surface area contributed by atoms with Crippen LogP contribution in [0.2, 0.25) is 0 Å². The molecule has 0 bridgehead atoms. The molecule has 0 saturated carbocycles. The zero-order valence-corrected chi connectivity index (χ0v) is 9.05. The Bertz CT molecular complexity index is 631. The molecule has 84 valence electrons. The Morgan fingerprint density at radius 2 is 2.12 bits per heavy atom. The second-order valence-electron chi connectivity index (χ2n) is 4.07. The number of aromatic hydroxyl groups is 1. The quantitative estimate of drug-likeness (QED) is 0.771. The van der Waals surface area contributed by atoms with Gasteiger partial charge in [-0.1, -0.05) is 36.4 Å². The summed E-state index contributed by atoms with van der Waals surface area (Å²) in [6.07, 6.45) is 4.43. The highest BCUT2D eigenvalue weighted by Crippen LogP contribution is 2.37. The number of nitrogens with one attached hydrogen (secondary N) is 1. The van der Waals surface area contributed by atoms with E-state index in [0.29, 0.717) is 6.41 Å². The first-order chi connectivity index (χ1) is 8.31. The SMILES string of the molecule is O=CNC1C=Cc2c(O)ccc3cccc1c23. The Hall–Kier alpha value is -2.29. The van der Waals surface area contributed by atoms with Gasteiger partial charge in [0.25, 0.3) is 0 Å². The third-order valence-electron chi connectivity index (χ3n) is 3.13. The Morgan fingerprint density at radius 3 is 2.94 bits per heavy atom. The van der Waals surface area contributed by atoms with E-state index in [1.165, 1.54) is 0 Å². The number of benzene rings is 2. The molecule has 1 unspecified atom stereocenters. The van der Waals surface area contributed by atoms with Crippen LogP contribution in [0.1, 0.15) is 17.2 Å². The lowest BCUT2D eigenvalue weighted by atomic mass is 9.90. The lowest BCUT2D eigenvalue weighted by Crippen LogP contribution is -2.19. The van der Waals surface area contributed by atoms with Gasteiger partial charge >= 0.3 is 0 Å². The van der Waals surface area contributed by atoms with Gasteiger partial charge in [0.05, 0.1) is 6.04 Å². The predicted octanol–water partition coefficient (Wildman–Crippen LogP) is 2.36. The van der Waals surface area contributed by atoms with E-state index in [-0.39, 0.29) is 11.8 Å². The first-order valence-corrected chi connectivity index (χ1v) is 5.44. The summed E-state index contributed by atoms with van der Waals surface area (Å²) in [6.45, 7) is 0. The topological polar surface area (TPSA) is 49.3 Å². The maximum Gasteiger partial charge on any atom is 0.207 e. The smallest absolute Gasteiger partial charge is 0.207 e. The van der Waals surface area contributed by atoms with Gasteiger partial charge in [0.1, 0.15) is 5.75 Å². The van der Waals surface area contributed by atoms with E-state index in [2.05, 4.69) is 5.32 Å². The normalized spacial score (nSPS) is 17.1. The summed E-state index contributed by atoms with van der Waals surface area (Å²) in [5.41, 5.74) is 1.84. The van der Waals surface area contributed by atoms with Crippen LogP contribution in [0.5, 0.6) is 5.75 Å². The molecule has 2 N–H and O–H groups in total. The number of carbonyl (C=O) groups is 1. The van der Waals surface area contributed by atoms with Crippen molar-refractivity contribution in [2.75, 3.05) is 0 Å². The minimum absolute atomic E-state index is 0.120. The molecule has 0 aliphatic heterocycles. The fraction of sp³-hybridized carbons (Fsp3) is 0.0714. The van der Waals surface area contributed by atoms with Gasteiger partial charge in [-0.3, -0.25) is 4.79 Å². The molecule has 1 amide bonds. The zero-order chi connectivity index (χ0) is 11.8. The second kappa shape index (κ2) is 3.63. The number of hydrogen-bond donors (Lipinski definition) is 2.